The van der Waals surface area contributed by atoms with Gasteiger partial charge in [-0.25, -0.2) is 4.79 Å². The average Bonchev–Trinajstić information content (AvgIpc) is 2.25. The predicted molar refractivity (Wildman–Crippen MR) is 65.0 cm³/mol. The van der Waals surface area contributed by atoms with Gasteiger partial charge in [0.1, 0.15) is 5.75 Å². The average molecular weight is 337 g/mol. The van der Waals surface area contributed by atoms with Crippen molar-refractivity contribution in [3.05, 3.63) is 33.3 Å². The van der Waals surface area contributed by atoms with Crippen molar-refractivity contribution >= 4 is 28.0 Å². The normalized spacial score (nSPS) is 18.4. The fraction of sp³-hybridized carbons (Fsp3) is 0.250. The van der Waals surface area contributed by atoms with Crippen molar-refractivity contribution in [2.75, 3.05) is 0 Å². The van der Waals surface area contributed by atoms with Crippen LogP contribution in [0.25, 0.3) is 6.08 Å². The zero-order chi connectivity index (χ0) is 14.4. The lowest BCUT2D eigenvalue weighted by molar-refractivity contribution is -0.187. The Morgan fingerprint density at radius 2 is 2.05 bits per heavy atom. The number of ether oxygens (including phenoxy) is 1. The minimum atomic E-state index is -4.79. The molecule has 2 rings (SSSR count). The molecule has 102 valence electrons. The molecule has 0 aromatic heterocycles. The number of benzene rings is 1. The van der Waals surface area contributed by atoms with Gasteiger partial charge in [-0.05, 0) is 46.6 Å². The first kappa shape index (κ1) is 13.9. The lowest BCUT2D eigenvalue weighted by atomic mass is 10.00. The van der Waals surface area contributed by atoms with Crippen LogP contribution in [0.4, 0.5) is 13.2 Å². The maximum absolute atomic E-state index is 12.8. The van der Waals surface area contributed by atoms with Gasteiger partial charge in [0.15, 0.2) is 0 Å². The summed E-state index contributed by atoms with van der Waals surface area (Å²) >= 11 is 3.11. The Bertz CT molecular complexity index is 578. The van der Waals surface area contributed by atoms with E-state index in [1.165, 1.54) is 0 Å². The highest BCUT2D eigenvalue weighted by molar-refractivity contribution is 9.10. The smallest absolute Gasteiger partial charge is 0.430 e. The van der Waals surface area contributed by atoms with Crippen molar-refractivity contribution < 1.29 is 27.8 Å². The van der Waals surface area contributed by atoms with Crippen molar-refractivity contribution in [1.29, 1.82) is 0 Å². The van der Waals surface area contributed by atoms with E-state index < -0.39 is 23.8 Å². The van der Waals surface area contributed by atoms with Crippen LogP contribution in [0, 0.1) is 6.92 Å². The number of carbonyl (C=O) groups is 1. The third-order valence-corrected chi connectivity index (χ3v) is 3.18. The molecule has 0 amide bonds. The highest BCUT2D eigenvalue weighted by Crippen LogP contribution is 2.41. The Labute approximate surface area is 114 Å². The van der Waals surface area contributed by atoms with Gasteiger partial charge in [-0.2, -0.15) is 13.2 Å². The number of hydrogen-bond acceptors (Lipinski definition) is 2. The van der Waals surface area contributed by atoms with E-state index in [2.05, 4.69) is 15.9 Å². The molecule has 0 spiro atoms. The monoisotopic (exact) mass is 336 g/mol. The number of alkyl halides is 3. The lowest BCUT2D eigenvalue weighted by Crippen LogP contribution is -2.40. The van der Waals surface area contributed by atoms with Crippen LogP contribution in [0.2, 0.25) is 0 Å². The quantitative estimate of drug-likeness (QED) is 0.853. The summed E-state index contributed by atoms with van der Waals surface area (Å²) in [6, 6.07) is 3.17. The third-order valence-electron chi connectivity index (χ3n) is 2.59. The minimum Gasteiger partial charge on any atom is -0.478 e. The van der Waals surface area contributed by atoms with Crippen molar-refractivity contribution in [3.63, 3.8) is 0 Å². The molecule has 1 atom stereocenters. The molecular formula is C12H8BrF3O3. The summed E-state index contributed by atoms with van der Waals surface area (Å²) in [7, 11) is 0. The second-order valence-electron chi connectivity index (χ2n) is 4.11. The topological polar surface area (TPSA) is 46.5 Å². The largest absolute Gasteiger partial charge is 0.478 e. The van der Waals surface area contributed by atoms with E-state index in [9.17, 15) is 18.0 Å². The Hall–Kier alpha value is -1.50. The highest BCUT2D eigenvalue weighted by atomic mass is 79.9. The van der Waals surface area contributed by atoms with E-state index in [1.54, 1.807) is 19.1 Å². The number of halogens is 4. The zero-order valence-electron chi connectivity index (χ0n) is 9.58. The molecular weight excluding hydrogens is 329 g/mol. The second kappa shape index (κ2) is 4.56. The van der Waals surface area contributed by atoms with E-state index in [-0.39, 0.29) is 5.75 Å². The number of hydrogen-bond donors (Lipinski definition) is 1. The van der Waals surface area contributed by atoms with Crippen LogP contribution in [0.1, 0.15) is 11.1 Å². The first-order valence-electron chi connectivity index (χ1n) is 5.18. The molecule has 19 heavy (non-hydrogen) atoms. The maximum atomic E-state index is 12.8. The van der Waals surface area contributed by atoms with Gasteiger partial charge in [0.05, 0.1) is 10.0 Å². The molecule has 0 radical (unpaired) electrons. The number of aryl methyl sites for hydroxylation is 1. The molecule has 0 aliphatic carbocycles. The minimum absolute atomic E-state index is 0.00192. The second-order valence-corrected chi connectivity index (χ2v) is 4.96. The van der Waals surface area contributed by atoms with E-state index in [1.807, 2.05) is 0 Å². The van der Waals surface area contributed by atoms with Crippen molar-refractivity contribution in [2.45, 2.75) is 19.2 Å². The van der Waals surface area contributed by atoms with Crippen LogP contribution in [0.15, 0.2) is 22.2 Å². The summed E-state index contributed by atoms with van der Waals surface area (Å²) in [6.45, 7) is 1.75. The van der Waals surface area contributed by atoms with E-state index >= 15 is 0 Å². The van der Waals surface area contributed by atoms with Crippen LogP contribution in [-0.2, 0) is 4.79 Å². The van der Waals surface area contributed by atoms with Crippen molar-refractivity contribution in [1.82, 2.24) is 0 Å². The zero-order valence-corrected chi connectivity index (χ0v) is 11.2. The number of fused-ring (bicyclic) bond motifs is 1. The maximum Gasteiger partial charge on any atom is 0.430 e. The Balaban J connectivity index is 2.61. The van der Waals surface area contributed by atoms with Gasteiger partial charge in [0.2, 0.25) is 6.10 Å². The predicted octanol–water partition coefficient (Wildman–Crippen LogP) is 3.55. The Morgan fingerprint density at radius 1 is 1.42 bits per heavy atom. The first-order chi connectivity index (χ1) is 8.70. The fourth-order valence-electron chi connectivity index (χ4n) is 1.83. The van der Waals surface area contributed by atoms with Gasteiger partial charge in [-0.1, -0.05) is 0 Å². The Kier molecular flexibility index (Phi) is 3.34. The molecule has 1 aromatic rings. The molecule has 0 saturated carbocycles. The molecule has 0 fully saturated rings. The molecule has 3 nitrogen and oxygen atoms in total. The molecule has 1 aliphatic heterocycles. The van der Waals surface area contributed by atoms with E-state index in [4.69, 9.17) is 9.84 Å². The van der Waals surface area contributed by atoms with Gasteiger partial charge in [0.25, 0.3) is 0 Å². The SMILES string of the molecule is Cc1cc(Br)c2c(c1)C=C(C(=O)O)C(C(F)(F)F)O2. The van der Waals surface area contributed by atoms with Gasteiger partial charge in [0, 0.05) is 5.56 Å². The molecule has 0 saturated heterocycles. The van der Waals surface area contributed by atoms with Crippen molar-refractivity contribution in [3.8, 4) is 5.75 Å². The first-order valence-corrected chi connectivity index (χ1v) is 5.98. The van der Waals surface area contributed by atoms with Crippen LogP contribution in [-0.4, -0.2) is 23.4 Å². The van der Waals surface area contributed by atoms with Crippen LogP contribution in [0.3, 0.4) is 0 Å². The number of aliphatic carboxylic acids is 1. The van der Waals surface area contributed by atoms with Gasteiger partial charge in [-0.15, -0.1) is 0 Å². The summed E-state index contributed by atoms with van der Waals surface area (Å²) in [4.78, 5) is 10.9. The molecule has 1 aliphatic rings. The Morgan fingerprint density at radius 3 is 2.58 bits per heavy atom. The molecule has 1 heterocycles. The molecule has 0 bridgehead atoms. The molecule has 1 unspecified atom stereocenters. The third kappa shape index (κ3) is 2.60. The summed E-state index contributed by atoms with van der Waals surface area (Å²) in [5, 5.41) is 8.88. The van der Waals surface area contributed by atoms with Gasteiger partial charge < -0.3 is 9.84 Å². The number of rotatable bonds is 1. The summed E-state index contributed by atoms with van der Waals surface area (Å²) in [5.41, 5.74) is 0.267. The van der Waals surface area contributed by atoms with Gasteiger partial charge in [-0.3, -0.25) is 0 Å². The van der Waals surface area contributed by atoms with Gasteiger partial charge >= 0.3 is 12.1 Å². The fourth-order valence-corrected chi connectivity index (χ4v) is 2.51. The standard InChI is InChI=1S/C12H8BrF3O3/c1-5-2-6-4-7(11(17)18)10(12(14,15)16)19-9(6)8(13)3-5/h2-4,10H,1H3,(H,17,18). The summed E-state index contributed by atoms with van der Waals surface area (Å²) < 4.78 is 43.6. The molecule has 7 heteroatoms. The van der Waals surface area contributed by atoms with Crippen LogP contribution < -0.4 is 4.74 Å². The van der Waals surface area contributed by atoms with Crippen LogP contribution in [0.5, 0.6) is 5.75 Å². The van der Waals surface area contributed by atoms with E-state index in [0.29, 0.717) is 10.0 Å². The van der Waals surface area contributed by atoms with E-state index in [0.717, 1.165) is 11.6 Å². The molecule has 1 aromatic carbocycles. The molecule has 1 N–H and O–H groups in total. The lowest BCUT2D eigenvalue weighted by Gasteiger charge is -2.27. The summed E-state index contributed by atoms with van der Waals surface area (Å²) in [6.07, 6.45) is -6.25. The number of carboxylic acid groups (broad SMARTS) is 1. The number of carboxylic acids is 1. The van der Waals surface area contributed by atoms with Crippen molar-refractivity contribution in [2.24, 2.45) is 0 Å². The summed E-state index contributed by atoms with van der Waals surface area (Å²) in [5.74, 6) is -1.65. The van der Waals surface area contributed by atoms with Crippen LogP contribution >= 0.6 is 15.9 Å². The highest BCUT2D eigenvalue weighted by Gasteiger charge is 2.48.